The predicted octanol–water partition coefficient (Wildman–Crippen LogP) is 3.12. The van der Waals surface area contributed by atoms with E-state index >= 15 is 0 Å². The van der Waals surface area contributed by atoms with E-state index in [1.54, 1.807) is 30.1 Å². The smallest absolute Gasteiger partial charge is 0.321 e. The van der Waals surface area contributed by atoms with Crippen molar-refractivity contribution in [3.8, 4) is 5.75 Å². The molecule has 0 aromatic heterocycles. The second-order valence-electron chi connectivity index (χ2n) is 5.79. The van der Waals surface area contributed by atoms with Gasteiger partial charge in [-0.15, -0.1) is 0 Å². The largest absolute Gasteiger partial charge is 0.491 e. The number of carbonyl (C=O) groups excluding carboxylic acids is 2. The number of urea groups is 1. The quantitative estimate of drug-likeness (QED) is 0.854. The zero-order chi connectivity index (χ0) is 17.5. The predicted molar refractivity (Wildman–Crippen MR) is 94.6 cm³/mol. The summed E-state index contributed by atoms with van der Waals surface area (Å²) >= 11 is 6.03. The fourth-order valence-corrected chi connectivity index (χ4v) is 2.85. The molecule has 0 atom stereocenters. The Bertz CT molecular complexity index is 586. The molecule has 1 aromatic carbocycles. The third-order valence-electron chi connectivity index (χ3n) is 4.04. The number of benzene rings is 1. The van der Waals surface area contributed by atoms with E-state index in [1.807, 2.05) is 6.92 Å². The molecule has 0 radical (unpaired) electrons. The molecule has 24 heavy (non-hydrogen) atoms. The molecule has 1 heterocycles. The summed E-state index contributed by atoms with van der Waals surface area (Å²) in [6.07, 6.45) is 2.21. The Kier molecular flexibility index (Phi) is 6.73. The van der Waals surface area contributed by atoms with Crippen molar-refractivity contribution in [3.05, 3.63) is 23.2 Å². The highest BCUT2D eigenvalue weighted by atomic mass is 35.5. The van der Waals surface area contributed by atoms with E-state index in [0.29, 0.717) is 49.0 Å². The van der Waals surface area contributed by atoms with Gasteiger partial charge < -0.3 is 20.3 Å². The van der Waals surface area contributed by atoms with E-state index in [4.69, 9.17) is 16.3 Å². The first kappa shape index (κ1) is 18.4. The first-order valence-electron chi connectivity index (χ1n) is 8.25. The van der Waals surface area contributed by atoms with Gasteiger partial charge in [0.05, 0.1) is 12.3 Å². The van der Waals surface area contributed by atoms with Crippen molar-refractivity contribution in [2.45, 2.75) is 26.2 Å². The van der Waals surface area contributed by atoms with Gasteiger partial charge in [-0.25, -0.2) is 4.79 Å². The Morgan fingerprint density at radius 2 is 2.04 bits per heavy atom. The molecule has 7 heteroatoms. The Morgan fingerprint density at radius 1 is 1.33 bits per heavy atom. The number of carbonyl (C=O) groups is 2. The summed E-state index contributed by atoms with van der Waals surface area (Å²) in [7, 11) is 1.64. The van der Waals surface area contributed by atoms with Crippen LogP contribution in [-0.4, -0.2) is 43.6 Å². The number of hydrogen-bond acceptors (Lipinski definition) is 3. The summed E-state index contributed by atoms with van der Waals surface area (Å²) in [4.78, 5) is 25.8. The third-order valence-corrected chi connectivity index (χ3v) is 4.28. The molecule has 3 amide bonds. The fraction of sp³-hybridized carbons (Fsp3) is 0.529. The van der Waals surface area contributed by atoms with Crippen LogP contribution >= 0.6 is 11.6 Å². The van der Waals surface area contributed by atoms with Crippen molar-refractivity contribution < 1.29 is 14.3 Å². The lowest BCUT2D eigenvalue weighted by Gasteiger charge is -2.31. The van der Waals surface area contributed by atoms with Crippen LogP contribution in [0.25, 0.3) is 0 Å². The molecule has 0 spiro atoms. The third kappa shape index (κ3) is 4.77. The summed E-state index contributed by atoms with van der Waals surface area (Å²) in [6.45, 7) is 3.69. The molecular weight excluding hydrogens is 330 g/mol. The fourth-order valence-electron chi connectivity index (χ4n) is 2.68. The van der Waals surface area contributed by atoms with Gasteiger partial charge in [0, 0.05) is 31.1 Å². The molecule has 0 saturated carbocycles. The number of piperidine rings is 1. The number of anilines is 1. The topological polar surface area (TPSA) is 70.7 Å². The number of nitrogens with zero attached hydrogens (tertiary/aromatic N) is 1. The molecule has 1 fully saturated rings. The minimum absolute atomic E-state index is 0.0198. The van der Waals surface area contributed by atoms with Crippen LogP contribution in [0, 0.1) is 5.92 Å². The van der Waals surface area contributed by atoms with Gasteiger partial charge in [-0.1, -0.05) is 18.5 Å². The lowest BCUT2D eigenvalue weighted by Crippen LogP contribution is -2.44. The van der Waals surface area contributed by atoms with Crippen molar-refractivity contribution >= 4 is 29.2 Å². The number of hydrogen-bond donors (Lipinski definition) is 2. The van der Waals surface area contributed by atoms with Gasteiger partial charge in [0.1, 0.15) is 5.75 Å². The Morgan fingerprint density at radius 3 is 2.67 bits per heavy atom. The van der Waals surface area contributed by atoms with Crippen LogP contribution in [0.4, 0.5) is 10.5 Å². The van der Waals surface area contributed by atoms with E-state index in [0.717, 1.165) is 6.42 Å². The standard InChI is InChI=1S/C17H24ClN3O3/c1-3-10-24-15-5-4-13(18)11-14(15)20-17(23)21-8-6-12(7-9-21)16(22)19-2/h4-5,11-12H,3,6-10H2,1-2H3,(H,19,22)(H,20,23). The molecule has 1 aliphatic rings. The van der Waals surface area contributed by atoms with Crippen LogP contribution in [0.3, 0.4) is 0 Å². The molecule has 0 unspecified atom stereocenters. The van der Waals surface area contributed by atoms with Crippen molar-refractivity contribution in [2.75, 3.05) is 32.1 Å². The van der Waals surface area contributed by atoms with Crippen molar-refractivity contribution in [1.29, 1.82) is 0 Å². The lowest BCUT2D eigenvalue weighted by atomic mass is 9.96. The van der Waals surface area contributed by atoms with E-state index in [9.17, 15) is 9.59 Å². The van der Waals surface area contributed by atoms with Gasteiger partial charge in [0.2, 0.25) is 5.91 Å². The number of rotatable bonds is 5. The summed E-state index contributed by atoms with van der Waals surface area (Å²) < 4.78 is 5.65. The molecule has 2 N–H and O–H groups in total. The summed E-state index contributed by atoms with van der Waals surface area (Å²) in [5, 5.41) is 6.06. The van der Waals surface area contributed by atoms with Gasteiger partial charge in [0.25, 0.3) is 0 Å². The number of amides is 3. The van der Waals surface area contributed by atoms with Crippen LogP contribution in [0.2, 0.25) is 5.02 Å². The molecule has 6 nitrogen and oxygen atoms in total. The summed E-state index contributed by atoms with van der Waals surface area (Å²) in [5.74, 6) is 0.628. The number of nitrogens with one attached hydrogen (secondary N) is 2. The van der Waals surface area contributed by atoms with Gasteiger partial charge in [-0.3, -0.25) is 4.79 Å². The Labute approximate surface area is 147 Å². The molecule has 1 aliphatic heterocycles. The zero-order valence-electron chi connectivity index (χ0n) is 14.1. The normalized spacial score (nSPS) is 15.0. The maximum absolute atomic E-state index is 12.5. The zero-order valence-corrected chi connectivity index (χ0v) is 14.9. The first-order valence-corrected chi connectivity index (χ1v) is 8.62. The van der Waals surface area contributed by atoms with Gasteiger partial charge in [-0.05, 0) is 37.5 Å². The van der Waals surface area contributed by atoms with Crippen LogP contribution < -0.4 is 15.4 Å². The highest BCUT2D eigenvalue weighted by molar-refractivity contribution is 6.31. The maximum Gasteiger partial charge on any atom is 0.321 e. The molecule has 1 aromatic rings. The summed E-state index contributed by atoms with van der Waals surface area (Å²) in [5.41, 5.74) is 0.564. The van der Waals surface area contributed by atoms with E-state index in [1.165, 1.54) is 0 Å². The first-order chi connectivity index (χ1) is 11.5. The Balaban J connectivity index is 1.97. The van der Waals surface area contributed by atoms with Gasteiger partial charge in [-0.2, -0.15) is 0 Å². The van der Waals surface area contributed by atoms with Crippen LogP contribution in [0.15, 0.2) is 18.2 Å². The highest BCUT2D eigenvalue weighted by Crippen LogP contribution is 2.29. The van der Waals surface area contributed by atoms with Crippen LogP contribution in [-0.2, 0) is 4.79 Å². The summed E-state index contributed by atoms with van der Waals surface area (Å²) in [6, 6.07) is 4.97. The minimum atomic E-state index is -0.200. The van der Waals surface area contributed by atoms with Gasteiger partial charge >= 0.3 is 6.03 Å². The maximum atomic E-state index is 12.5. The minimum Gasteiger partial charge on any atom is -0.491 e. The monoisotopic (exact) mass is 353 g/mol. The van der Waals surface area contributed by atoms with Crippen molar-refractivity contribution in [2.24, 2.45) is 5.92 Å². The average Bonchev–Trinajstić information content (AvgIpc) is 2.60. The molecular formula is C17H24ClN3O3. The average molecular weight is 354 g/mol. The van der Waals surface area contributed by atoms with Crippen molar-refractivity contribution in [1.82, 2.24) is 10.2 Å². The van der Waals surface area contributed by atoms with Gasteiger partial charge in [0.15, 0.2) is 0 Å². The van der Waals surface area contributed by atoms with E-state index in [2.05, 4.69) is 10.6 Å². The van der Waals surface area contributed by atoms with Crippen molar-refractivity contribution in [3.63, 3.8) is 0 Å². The van der Waals surface area contributed by atoms with Crippen LogP contribution in [0.5, 0.6) is 5.75 Å². The van der Waals surface area contributed by atoms with Crippen LogP contribution in [0.1, 0.15) is 26.2 Å². The second kappa shape index (κ2) is 8.78. The highest BCUT2D eigenvalue weighted by Gasteiger charge is 2.27. The number of likely N-dealkylation sites (tertiary alicyclic amines) is 1. The molecule has 132 valence electrons. The second-order valence-corrected chi connectivity index (χ2v) is 6.23. The molecule has 1 saturated heterocycles. The lowest BCUT2D eigenvalue weighted by molar-refractivity contribution is -0.125. The molecule has 2 rings (SSSR count). The SMILES string of the molecule is CCCOc1ccc(Cl)cc1NC(=O)N1CCC(C(=O)NC)CC1. The molecule has 0 bridgehead atoms. The number of ether oxygens (including phenoxy) is 1. The van der Waals surface area contributed by atoms with E-state index < -0.39 is 0 Å². The molecule has 0 aliphatic carbocycles. The number of halogens is 1. The van der Waals surface area contributed by atoms with E-state index in [-0.39, 0.29) is 17.9 Å². The Hall–Kier alpha value is -1.95.